The van der Waals surface area contributed by atoms with Gasteiger partial charge >= 0.3 is 0 Å². The van der Waals surface area contributed by atoms with Gasteiger partial charge < -0.3 is 20.2 Å². The van der Waals surface area contributed by atoms with E-state index in [-0.39, 0.29) is 10.3 Å². The van der Waals surface area contributed by atoms with E-state index in [0.29, 0.717) is 11.4 Å². The number of benzene rings is 1. The van der Waals surface area contributed by atoms with Gasteiger partial charge in [0.05, 0.1) is 69.1 Å². The topological polar surface area (TPSA) is 182 Å². The molecule has 0 amide bonds. The number of hydrogen-bond donors (Lipinski definition) is 5. The maximum absolute atomic E-state index is 13.7. The SMILES string of the molecule is C=C(Cc1ccccc1)Nc1cncc(-c2ccc3[nH]nc(-c4cc5c(-c6ccc(F)s6)cncc5[nH]4)c3n2)c1.CC.CN(C)Cc1cncc(-c2ccc3[nH]nc(-c4cc5c(-c6ccc(F)s6)cncc5[nH]4)c3n2)c1. The van der Waals surface area contributed by atoms with Crippen molar-refractivity contribution in [1.29, 1.82) is 0 Å². The second-order valence-electron chi connectivity index (χ2n) is 17.9. The van der Waals surface area contributed by atoms with E-state index in [2.05, 4.69) is 85.3 Å². The molecule has 0 atom stereocenters. The van der Waals surface area contributed by atoms with Gasteiger partial charge in [0.2, 0.25) is 0 Å². The molecule has 13 rings (SSSR count). The van der Waals surface area contributed by atoms with Crippen LogP contribution in [0.4, 0.5) is 14.5 Å². The molecule has 376 valence electrons. The van der Waals surface area contributed by atoms with Crippen LogP contribution in [-0.4, -0.2) is 79.3 Å². The van der Waals surface area contributed by atoms with E-state index < -0.39 is 0 Å². The number of halogens is 2. The number of H-pyrrole nitrogens is 4. The predicted octanol–water partition coefficient (Wildman–Crippen LogP) is 14.1. The van der Waals surface area contributed by atoms with Crippen LogP contribution in [0.3, 0.4) is 0 Å². The van der Waals surface area contributed by atoms with Gasteiger partial charge in [-0.15, -0.1) is 22.7 Å². The Hall–Kier alpha value is -9.10. The standard InChI is InChI=1S/C31H22FN7S.C25H20FN7S.C2H6/c1-18(11-19-5-3-2-4-6-19)35-21-12-20(14-33-15-21)24-7-8-25-30(37-24)31(39-38-25)26-13-22-23(16-34-17-27(22)36-26)28-9-10-29(32)40-28;1-33(2)13-14-7-15(10-27-9-14)18-3-4-19-24(30-18)25(32-31-19)20-8-16-17(11-28-12-21(16)29-20)22-5-6-23(26)34-22;1-2/h2-10,12-17,35-36H,1,11H2,(H,38,39);3-12,29H,13H2,1-2H3,(H,31,32);1-2H3. The normalized spacial score (nSPS) is 11.3. The number of aromatic amines is 4. The first-order valence-electron chi connectivity index (χ1n) is 24.3. The average molecular weight is 1040 g/mol. The van der Waals surface area contributed by atoms with Gasteiger partial charge in [0, 0.05) is 92.4 Å². The van der Waals surface area contributed by atoms with Crippen LogP contribution < -0.4 is 5.32 Å². The quantitative estimate of drug-likeness (QED) is 0.0790. The lowest BCUT2D eigenvalue weighted by Crippen LogP contribution is -2.10. The summed E-state index contributed by atoms with van der Waals surface area (Å²) in [5.74, 6) is 0. The molecule has 0 aliphatic carbocycles. The zero-order valence-electron chi connectivity index (χ0n) is 41.7. The van der Waals surface area contributed by atoms with Gasteiger partial charge in [-0.3, -0.25) is 30.1 Å². The molecular formula is C58H48F2N14S2. The van der Waals surface area contributed by atoms with Crippen molar-refractivity contribution in [3.05, 3.63) is 186 Å². The molecule has 0 saturated carbocycles. The number of fused-ring (bicyclic) bond motifs is 4. The summed E-state index contributed by atoms with van der Waals surface area (Å²) < 4.78 is 27.4. The maximum atomic E-state index is 13.7. The van der Waals surface area contributed by atoms with Gasteiger partial charge in [-0.05, 0) is 98.0 Å². The molecule has 0 spiro atoms. The van der Waals surface area contributed by atoms with Crippen LogP contribution in [0.2, 0.25) is 0 Å². The lowest BCUT2D eigenvalue weighted by molar-refractivity contribution is 0.402. The third kappa shape index (κ3) is 10.2. The minimum atomic E-state index is -0.230. The van der Waals surface area contributed by atoms with Gasteiger partial charge in [0.15, 0.2) is 10.3 Å². The van der Waals surface area contributed by atoms with Crippen LogP contribution >= 0.6 is 22.7 Å². The van der Waals surface area contributed by atoms with Crippen LogP contribution in [0.5, 0.6) is 0 Å². The zero-order chi connectivity index (χ0) is 52.3. The smallest absolute Gasteiger partial charge is 0.176 e. The highest BCUT2D eigenvalue weighted by Gasteiger charge is 2.19. The van der Waals surface area contributed by atoms with Crippen molar-refractivity contribution < 1.29 is 8.78 Å². The lowest BCUT2D eigenvalue weighted by atomic mass is 10.1. The highest BCUT2D eigenvalue weighted by molar-refractivity contribution is 7.14. The van der Waals surface area contributed by atoms with Gasteiger partial charge in [-0.2, -0.15) is 19.0 Å². The monoisotopic (exact) mass is 1040 g/mol. The Kier molecular flexibility index (Phi) is 13.8. The summed E-state index contributed by atoms with van der Waals surface area (Å²) in [6.07, 6.45) is 15.0. The Morgan fingerprint density at radius 3 is 1.62 bits per heavy atom. The van der Waals surface area contributed by atoms with Crippen LogP contribution in [-0.2, 0) is 13.0 Å². The minimum Gasteiger partial charge on any atom is -0.358 e. The van der Waals surface area contributed by atoms with Gasteiger partial charge in [0.25, 0.3) is 0 Å². The van der Waals surface area contributed by atoms with E-state index in [1.165, 1.54) is 17.7 Å². The van der Waals surface area contributed by atoms with Crippen LogP contribution in [0.1, 0.15) is 25.0 Å². The molecular weight excluding hydrogens is 995 g/mol. The second kappa shape index (κ2) is 21.4. The number of nitrogens with one attached hydrogen (secondary N) is 5. The molecule has 18 heteroatoms. The minimum absolute atomic E-state index is 0.220. The molecule has 0 radical (unpaired) electrons. The van der Waals surface area contributed by atoms with Gasteiger partial charge in [-0.25, -0.2) is 9.97 Å². The third-order valence-electron chi connectivity index (χ3n) is 12.3. The summed E-state index contributed by atoms with van der Waals surface area (Å²) in [7, 11) is 4.07. The van der Waals surface area contributed by atoms with Crippen molar-refractivity contribution in [1.82, 2.24) is 65.2 Å². The molecule has 0 bridgehead atoms. The number of nitrogens with zero attached hydrogens (tertiary/aromatic N) is 9. The zero-order valence-corrected chi connectivity index (χ0v) is 43.3. The first kappa shape index (κ1) is 49.1. The highest BCUT2D eigenvalue weighted by atomic mass is 32.1. The first-order chi connectivity index (χ1) is 37.1. The van der Waals surface area contributed by atoms with E-state index in [4.69, 9.17) is 9.97 Å². The molecule has 76 heavy (non-hydrogen) atoms. The van der Waals surface area contributed by atoms with Crippen molar-refractivity contribution in [2.24, 2.45) is 0 Å². The van der Waals surface area contributed by atoms with Crippen LogP contribution in [0, 0.1) is 10.3 Å². The Labute approximate surface area is 442 Å². The summed E-state index contributed by atoms with van der Waals surface area (Å²) in [4.78, 5) is 38.0. The number of rotatable bonds is 12. The molecule has 12 aromatic heterocycles. The first-order valence-corrected chi connectivity index (χ1v) is 26.0. The van der Waals surface area contributed by atoms with Gasteiger partial charge in [-0.1, -0.05) is 50.8 Å². The fourth-order valence-electron chi connectivity index (χ4n) is 8.98. The van der Waals surface area contributed by atoms with E-state index >= 15 is 0 Å². The molecule has 14 nitrogen and oxygen atoms in total. The molecule has 5 N–H and O–H groups in total. The van der Waals surface area contributed by atoms with E-state index in [1.807, 2.05) is 101 Å². The van der Waals surface area contributed by atoms with Crippen LogP contribution in [0.15, 0.2) is 165 Å². The number of aromatic nitrogens is 12. The summed E-state index contributed by atoms with van der Waals surface area (Å²) in [6.45, 7) is 8.98. The molecule has 0 saturated heterocycles. The Morgan fingerprint density at radius 2 is 1.09 bits per heavy atom. The fourth-order valence-corrected chi connectivity index (χ4v) is 10.5. The average Bonchev–Trinajstić information content (AvgIpc) is 4.38. The Morgan fingerprint density at radius 1 is 0.566 bits per heavy atom. The summed E-state index contributed by atoms with van der Waals surface area (Å²) in [5, 5.41) is 20.1. The molecule has 0 unspecified atom stereocenters. The number of thiophene rings is 2. The van der Waals surface area contributed by atoms with E-state index in [9.17, 15) is 8.78 Å². The van der Waals surface area contributed by atoms with Crippen molar-refractivity contribution in [2.75, 3.05) is 19.4 Å². The molecule has 12 heterocycles. The number of pyridine rings is 6. The lowest BCUT2D eigenvalue weighted by Gasteiger charge is -2.11. The number of allylic oxidation sites excluding steroid dienone is 1. The maximum Gasteiger partial charge on any atom is 0.176 e. The van der Waals surface area contributed by atoms with E-state index in [0.717, 1.165) is 151 Å². The Bertz CT molecular complexity index is 4190. The van der Waals surface area contributed by atoms with Crippen molar-refractivity contribution in [3.8, 4) is 66.2 Å². The largest absolute Gasteiger partial charge is 0.358 e. The number of hydrogen-bond acceptors (Lipinski definition) is 12. The molecule has 0 aliphatic rings. The summed E-state index contributed by atoms with van der Waals surface area (Å²) in [6, 6.07) is 32.7. The highest BCUT2D eigenvalue weighted by Crippen LogP contribution is 2.38. The molecule has 1 aromatic carbocycles. The van der Waals surface area contributed by atoms with Crippen LogP contribution in [0.25, 0.3) is 110 Å². The summed E-state index contributed by atoms with van der Waals surface area (Å²) in [5.41, 5.74) is 17.1. The summed E-state index contributed by atoms with van der Waals surface area (Å²) >= 11 is 2.20. The van der Waals surface area contributed by atoms with E-state index in [1.54, 1.807) is 49.3 Å². The second-order valence-corrected chi connectivity index (χ2v) is 19.9. The fraction of sp³-hybridized carbons (Fsp3) is 0.103. The third-order valence-corrected chi connectivity index (χ3v) is 14.1. The Balaban J connectivity index is 0.000000159. The van der Waals surface area contributed by atoms with Crippen molar-refractivity contribution in [2.45, 2.75) is 26.8 Å². The molecule has 13 aromatic rings. The van der Waals surface area contributed by atoms with Crippen molar-refractivity contribution in [3.63, 3.8) is 0 Å². The molecule has 0 aliphatic heterocycles. The van der Waals surface area contributed by atoms with Crippen molar-refractivity contribution >= 4 is 72.2 Å². The predicted molar refractivity (Wildman–Crippen MR) is 303 cm³/mol. The molecule has 0 fully saturated rings. The van der Waals surface area contributed by atoms with Gasteiger partial charge in [0.1, 0.15) is 22.4 Å². The number of anilines is 1.